The molecule has 122 valence electrons. The van der Waals surface area contributed by atoms with E-state index in [0.717, 1.165) is 27.2 Å². The molecular weight excluding hydrogens is 371 g/mol. The highest BCUT2D eigenvalue weighted by molar-refractivity contribution is 9.10. The lowest BCUT2D eigenvalue weighted by Gasteiger charge is -2.15. The fourth-order valence-electron chi connectivity index (χ4n) is 2.84. The molecule has 0 amide bonds. The molecule has 0 radical (unpaired) electrons. The van der Waals surface area contributed by atoms with Gasteiger partial charge < -0.3 is 4.90 Å². The fourth-order valence-corrected chi connectivity index (χ4v) is 3.11. The third-order valence-corrected chi connectivity index (χ3v) is 4.67. The second-order valence-corrected chi connectivity index (χ2v) is 6.78. The molecule has 1 atom stereocenters. The third-order valence-electron chi connectivity index (χ3n) is 4.15. The lowest BCUT2D eigenvalue weighted by Crippen LogP contribution is -2.21. The average molecular weight is 387 g/mol. The lowest BCUT2D eigenvalue weighted by molar-refractivity contribution is 0.364. The standard InChI is InChI=1S/C18H16BrFN4/c19-14-4-1-13(2-5-14)3-6-16-11-21-17-7-8-18(22-24(16)17)23-10-9-15(20)12-23/h1-8,11,15H,9-10,12H2/b6-3-. The van der Waals surface area contributed by atoms with E-state index in [2.05, 4.69) is 26.0 Å². The Morgan fingerprint density at radius 3 is 2.71 bits per heavy atom. The highest BCUT2D eigenvalue weighted by Crippen LogP contribution is 2.21. The minimum atomic E-state index is -0.762. The Morgan fingerprint density at radius 1 is 1.12 bits per heavy atom. The van der Waals surface area contributed by atoms with E-state index in [-0.39, 0.29) is 0 Å². The summed E-state index contributed by atoms with van der Waals surface area (Å²) in [4.78, 5) is 6.36. The Labute approximate surface area is 147 Å². The maximum Gasteiger partial charge on any atom is 0.154 e. The van der Waals surface area contributed by atoms with Gasteiger partial charge >= 0.3 is 0 Å². The van der Waals surface area contributed by atoms with Crippen LogP contribution < -0.4 is 4.90 Å². The summed E-state index contributed by atoms with van der Waals surface area (Å²) < 4.78 is 16.3. The average Bonchev–Trinajstić information content (AvgIpc) is 3.20. The van der Waals surface area contributed by atoms with Crippen molar-refractivity contribution in [1.29, 1.82) is 0 Å². The van der Waals surface area contributed by atoms with Gasteiger partial charge in [0.15, 0.2) is 5.65 Å². The van der Waals surface area contributed by atoms with Crippen LogP contribution in [0.25, 0.3) is 17.8 Å². The Hall–Kier alpha value is -2.21. The first-order chi connectivity index (χ1) is 11.7. The number of imidazole rings is 1. The quantitative estimate of drug-likeness (QED) is 0.675. The van der Waals surface area contributed by atoms with Crippen LogP contribution in [0.1, 0.15) is 17.7 Å². The van der Waals surface area contributed by atoms with Crippen molar-refractivity contribution in [2.45, 2.75) is 12.6 Å². The van der Waals surface area contributed by atoms with Gasteiger partial charge in [0, 0.05) is 11.0 Å². The summed E-state index contributed by atoms with van der Waals surface area (Å²) in [6.07, 6.45) is 5.62. The van der Waals surface area contributed by atoms with Crippen molar-refractivity contribution in [3.63, 3.8) is 0 Å². The number of alkyl halides is 1. The highest BCUT2D eigenvalue weighted by Gasteiger charge is 2.23. The summed E-state index contributed by atoms with van der Waals surface area (Å²) in [5.41, 5.74) is 2.78. The molecule has 2 aromatic heterocycles. The molecule has 0 N–H and O–H groups in total. The predicted molar refractivity (Wildman–Crippen MR) is 97.8 cm³/mol. The molecule has 0 bridgehead atoms. The van der Waals surface area contributed by atoms with Gasteiger partial charge in [-0.3, -0.25) is 0 Å². The topological polar surface area (TPSA) is 33.4 Å². The summed E-state index contributed by atoms with van der Waals surface area (Å²) in [5.74, 6) is 0.791. The highest BCUT2D eigenvalue weighted by atomic mass is 79.9. The number of anilines is 1. The van der Waals surface area contributed by atoms with Gasteiger partial charge in [-0.1, -0.05) is 34.1 Å². The van der Waals surface area contributed by atoms with Crippen LogP contribution in [0.15, 0.2) is 47.1 Å². The largest absolute Gasteiger partial charge is 0.352 e. The van der Waals surface area contributed by atoms with Gasteiger partial charge in [0.05, 0.1) is 18.4 Å². The van der Waals surface area contributed by atoms with E-state index in [1.54, 1.807) is 10.7 Å². The molecule has 1 aliphatic rings. The van der Waals surface area contributed by atoms with Crippen molar-refractivity contribution >= 4 is 39.5 Å². The number of hydrogen-bond acceptors (Lipinski definition) is 3. The normalized spacial score (nSPS) is 18.1. The number of hydrogen-bond donors (Lipinski definition) is 0. The summed E-state index contributed by atoms with van der Waals surface area (Å²) in [5, 5.41) is 4.63. The van der Waals surface area contributed by atoms with Gasteiger partial charge in [-0.2, -0.15) is 0 Å². The first-order valence-corrected chi connectivity index (χ1v) is 8.66. The van der Waals surface area contributed by atoms with E-state index in [1.165, 1.54) is 0 Å². The summed E-state index contributed by atoms with van der Waals surface area (Å²) >= 11 is 3.43. The van der Waals surface area contributed by atoms with Crippen LogP contribution >= 0.6 is 15.9 Å². The maximum atomic E-state index is 13.4. The molecule has 1 aliphatic heterocycles. The van der Waals surface area contributed by atoms with Crippen LogP contribution in [0.5, 0.6) is 0 Å². The van der Waals surface area contributed by atoms with Crippen LogP contribution in [-0.2, 0) is 0 Å². The Bertz CT molecular complexity index is 888. The molecule has 4 rings (SSSR count). The van der Waals surface area contributed by atoms with Crippen LogP contribution in [0, 0.1) is 0 Å². The number of nitrogens with zero attached hydrogens (tertiary/aromatic N) is 4. The molecule has 1 fully saturated rings. The molecule has 0 spiro atoms. The van der Waals surface area contributed by atoms with Crippen molar-refractivity contribution in [2.75, 3.05) is 18.0 Å². The lowest BCUT2D eigenvalue weighted by atomic mass is 10.2. The fraction of sp³-hybridized carbons (Fsp3) is 0.222. The number of aromatic nitrogens is 3. The summed E-state index contributed by atoms with van der Waals surface area (Å²) in [7, 11) is 0. The number of halogens is 2. The van der Waals surface area contributed by atoms with E-state index < -0.39 is 6.17 Å². The second kappa shape index (κ2) is 6.36. The molecular formula is C18H16BrFN4. The van der Waals surface area contributed by atoms with Crippen molar-refractivity contribution in [3.8, 4) is 0 Å². The van der Waals surface area contributed by atoms with E-state index in [9.17, 15) is 4.39 Å². The Morgan fingerprint density at radius 2 is 1.96 bits per heavy atom. The molecule has 0 saturated carbocycles. The summed E-state index contributed by atoms with van der Waals surface area (Å²) in [6, 6.07) is 11.9. The van der Waals surface area contributed by atoms with Gasteiger partial charge in [-0.25, -0.2) is 13.9 Å². The van der Waals surface area contributed by atoms with Gasteiger partial charge in [0.1, 0.15) is 12.0 Å². The van der Waals surface area contributed by atoms with Gasteiger partial charge in [0.2, 0.25) is 0 Å². The number of benzene rings is 1. The van der Waals surface area contributed by atoms with Crippen LogP contribution in [0.2, 0.25) is 0 Å². The molecule has 24 heavy (non-hydrogen) atoms. The first-order valence-electron chi connectivity index (χ1n) is 7.86. The number of rotatable bonds is 3. The van der Waals surface area contributed by atoms with Crippen LogP contribution in [0.3, 0.4) is 0 Å². The van der Waals surface area contributed by atoms with Crippen LogP contribution in [-0.4, -0.2) is 33.9 Å². The number of fused-ring (bicyclic) bond motifs is 1. The van der Waals surface area contributed by atoms with Crippen LogP contribution in [0.4, 0.5) is 10.2 Å². The zero-order chi connectivity index (χ0) is 16.5. The zero-order valence-electron chi connectivity index (χ0n) is 12.9. The minimum absolute atomic E-state index is 0.414. The molecule has 1 aromatic carbocycles. The van der Waals surface area contributed by atoms with E-state index >= 15 is 0 Å². The Kier molecular flexibility index (Phi) is 4.06. The predicted octanol–water partition coefficient (Wildman–Crippen LogP) is 4.21. The van der Waals surface area contributed by atoms with Crippen molar-refractivity contribution < 1.29 is 4.39 Å². The molecule has 3 aromatic rings. The molecule has 1 unspecified atom stereocenters. The monoisotopic (exact) mass is 386 g/mol. The van der Waals surface area contributed by atoms with Crippen molar-refractivity contribution in [2.24, 2.45) is 0 Å². The third kappa shape index (κ3) is 3.06. The Balaban J connectivity index is 1.64. The molecule has 1 saturated heterocycles. The molecule has 3 heterocycles. The van der Waals surface area contributed by atoms with Gasteiger partial charge in [0.25, 0.3) is 0 Å². The molecule has 0 aliphatic carbocycles. The summed E-state index contributed by atoms with van der Waals surface area (Å²) in [6.45, 7) is 1.12. The first kappa shape index (κ1) is 15.3. The second-order valence-electron chi connectivity index (χ2n) is 5.86. The maximum absolute atomic E-state index is 13.4. The zero-order valence-corrected chi connectivity index (χ0v) is 14.5. The van der Waals surface area contributed by atoms with Crippen molar-refractivity contribution in [3.05, 3.63) is 58.3 Å². The van der Waals surface area contributed by atoms with Crippen molar-refractivity contribution in [1.82, 2.24) is 14.6 Å². The molecule has 6 heteroatoms. The van der Waals surface area contributed by atoms with E-state index in [4.69, 9.17) is 0 Å². The smallest absolute Gasteiger partial charge is 0.154 e. The minimum Gasteiger partial charge on any atom is -0.352 e. The molecule has 4 nitrogen and oxygen atoms in total. The van der Waals surface area contributed by atoms with Gasteiger partial charge in [-0.05, 0) is 42.3 Å². The van der Waals surface area contributed by atoms with E-state index in [1.807, 2.05) is 53.5 Å². The van der Waals surface area contributed by atoms with E-state index in [0.29, 0.717) is 19.5 Å². The van der Waals surface area contributed by atoms with Gasteiger partial charge in [-0.15, -0.1) is 5.10 Å². The SMILES string of the molecule is FC1CCN(c2ccc3ncc(/C=C\c4ccc(Br)cc4)n3n2)C1.